The largest absolute Gasteiger partial charge is 0.465 e. The third-order valence-electron chi connectivity index (χ3n) is 5.50. The summed E-state index contributed by atoms with van der Waals surface area (Å²) in [6.45, 7) is 3.36. The third-order valence-corrected chi connectivity index (χ3v) is 6.62. The van der Waals surface area contributed by atoms with Gasteiger partial charge in [-0.25, -0.2) is 19.2 Å². The molecule has 0 aliphatic carbocycles. The number of carboxylic acid groups (broad SMARTS) is 1. The monoisotopic (exact) mass is 522 g/mol. The second kappa shape index (κ2) is 9.17. The fraction of sp³-hybridized carbons (Fsp3) is 0.318. The van der Waals surface area contributed by atoms with Gasteiger partial charge in [0.05, 0.1) is 33.0 Å². The zero-order valence-corrected chi connectivity index (χ0v) is 19.8. The van der Waals surface area contributed by atoms with Crippen molar-refractivity contribution in [2.24, 2.45) is 0 Å². The lowest BCUT2D eigenvalue weighted by Gasteiger charge is -2.40. The summed E-state index contributed by atoms with van der Waals surface area (Å²) in [5.41, 5.74) is 1.86. The summed E-state index contributed by atoms with van der Waals surface area (Å²) in [7, 11) is 1.58. The van der Waals surface area contributed by atoms with Gasteiger partial charge in [-0.15, -0.1) is 0 Å². The number of nitrogens with zero attached hydrogens (tertiary/aromatic N) is 4. The molecule has 0 bridgehead atoms. The van der Waals surface area contributed by atoms with Crippen molar-refractivity contribution in [3.05, 3.63) is 51.3 Å². The molecule has 1 N–H and O–H groups in total. The maximum atomic E-state index is 14.5. The Balaban J connectivity index is 1.90. The van der Waals surface area contributed by atoms with Crippen LogP contribution in [0.3, 0.4) is 0 Å². The van der Waals surface area contributed by atoms with Crippen molar-refractivity contribution in [1.29, 1.82) is 0 Å². The van der Waals surface area contributed by atoms with Crippen molar-refractivity contribution in [1.82, 2.24) is 14.9 Å². The molecule has 1 amide bonds. The van der Waals surface area contributed by atoms with Crippen LogP contribution in [0.5, 0.6) is 0 Å². The van der Waals surface area contributed by atoms with E-state index in [2.05, 4.69) is 15.9 Å². The molecule has 3 aromatic rings. The van der Waals surface area contributed by atoms with Gasteiger partial charge in [0.15, 0.2) is 0 Å². The molecule has 3 heterocycles. The van der Waals surface area contributed by atoms with Gasteiger partial charge in [0, 0.05) is 43.7 Å². The Bertz CT molecular complexity index is 1200. The number of anilines is 1. The van der Waals surface area contributed by atoms with Gasteiger partial charge in [-0.3, -0.25) is 0 Å². The minimum atomic E-state index is -0.940. The number of carbonyl (C=O) groups is 1. The van der Waals surface area contributed by atoms with Gasteiger partial charge in [-0.2, -0.15) is 0 Å². The second-order valence-electron chi connectivity index (χ2n) is 7.59. The van der Waals surface area contributed by atoms with Crippen LogP contribution in [0, 0.1) is 5.82 Å². The number of pyridine rings is 2. The van der Waals surface area contributed by atoms with E-state index in [1.807, 2.05) is 11.8 Å². The first-order chi connectivity index (χ1) is 15.3. The molecule has 1 atom stereocenters. The number of halogens is 3. The van der Waals surface area contributed by atoms with Crippen LogP contribution >= 0.6 is 27.5 Å². The van der Waals surface area contributed by atoms with E-state index in [9.17, 15) is 14.3 Å². The average molecular weight is 524 g/mol. The van der Waals surface area contributed by atoms with Crippen molar-refractivity contribution >= 4 is 50.3 Å². The van der Waals surface area contributed by atoms with Crippen LogP contribution < -0.4 is 4.90 Å². The van der Waals surface area contributed by atoms with Crippen molar-refractivity contribution in [3.8, 4) is 11.3 Å². The lowest BCUT2D eigenvalue weighted by molar-refractivity contribution is 0.136. The molecule has 1 fully saturated rings. The van der Waals surface area contributed by atoms with Gasteiger partial charge in [-0.05, 0) is 41.1 Å². The zero-order valence-electron chi connectivity index (χ0n) is 17.5. The molecule has 0 spiro atoms. The summed E-state index contributed by atoms with van der Waals surface area (Å²) in [5.74, 6) is 0.226. The van der Waals surface area contributed by atoms with Crippen molar-refractivity contribution in [2.75, 3.05) is 31.6 Å². The predicted molar refractivity (Wildman–Crippen MR) is 125 cm³/mol. The van der Waals surface area contributed by atoms with E-state index in [4.69, 9.17) is 26.3 Å². The summed E-state index contributed by atoms with van der Waals surface area (Å²) in [6.07, 6.45) is -0.940. The summed E-state index contributed by atoms with van der Waals surface area (Å²) >= 11 is 10.2. The number of methoxy groups -OCH3 is 1. The Morgan fingerprint density at radius 1 is 1.34 bits per heavy atom. The number of fused-ring (bicyclic) bond motifs is 1. The maximum Gasteiger partial charge on any atom is 0.407 e. The first-order valence-electron chi connectivity index (χ1n) is 9.98. The van der Waals surface area contributed by atoms with Crippen LogP contribution in [0.1, 0.15) is 12.6 Å². The third kappa shape index (κ3) is 4.12. The number of benzene rings is 1. The molecule has 1 aromatic carbocycles. The van der Waals surface area contributed by atoms with Crippen LogP contribution in [-0.2, 0) is 11.3 Å². The van der Waals surface area contributed by atoms with E-state index in [-0.39, 0.29) is 12.6 Å². The standard InChI is InChI=1S/C22H21BrClFN4O3/c1-12-10-28(22(30)31)7-8-29(12)21-14-9-15(24)19(13-5-3-4-6-16(13)25)27-20(14)18(23)17(26-21)11-32-2/h3-6,9,12H,7-8,10-11H2,1-2H3,(H,30,31). The van der Waals surface area contributed by atoms with E-state index in [1.54, 1.807) is 31.4 Å². The summed E-state index contributed by atoms with van der Waals surface area (Å²) in [4.78, 5) is 24.4. The molecule has 168 valence electrons. The molecule has 0 radical (unpaired) electrons. The lowest BCUT2D eigenvalue weighted by Crippen LogP contribution is -2.53. The molecule has 1 aliphatic rings. The number of rotatable bonds is 4. The summed E-state index contributed by atoms with van der Waals surface area (Å²) < 4.78 is 20.4. The first kappa shape index (κ1) is 22.7. The normalized spacial score (nSPS) is 16.6. The quantitative estimate of drug-likeness (QED) is 0.507. The highest BCUT2D eigenvalue weighted by Gasteiger charge is 2.30. The van der Waals surface area contributed by atoms with Gasteiger partial charge >= 0.3 is 6.09 Å². The number of amides is 1. The fourth-order valence-electron chi connectivity index (χ4n) is 3.94. The van der Waals surface area contributed by atoms with Crippen LogP contribution in [0.2, 0.25) is 5.02 Å². The molecule has 4 rings (SSSR count). The minimum absolute atomic E-state index is 0.114. The molecule has 32 heavy (non-hydrogen) atoms. The molecule has 7 nitrogen and oxygen atoms in total. The number of hydrogen-bond donors (Lipinski definition) is 1. The number of piperazine rings is 1. The Kier molecular flexibility index (Phi) is 6.50. The van der Waals surface area contributed by atoms with E-state index < -0.39 is 11.9 Å². The highest BCUT2D eigenvalue weighted by atomic mass is 79.9. The van der Waals surface area contributed by atoms with E-state index >= 15 is 0 Å². The van der Waals surface area contributed by atoms with Crippen LogP contribution in [-0.4, -0.2) is 58.9 Å². The molecule has 1 unspecified atom stereocenters. The van der Waals surface area contributed by atoms with Crippen molar-refractivity contribution < 1.29 is 19.0 Å². The van der Waals surface area contributed by atoms with Crippen LogP contribution in [0.15, 0.2) is 34.8 Å². The molecule has 1 aliphatic heterocycles. The van der Waals surface area contributed by atoms with Crippen LogP contribution in [0.4, 0.5) is 15.0 Å². The van der Waals surface area contributed by atoms with Gasteiger partial charge in [0.25, 0.3) is 0 Å². The number of aromatic nitrogens is 2. The van der Waals surface area contributed by atoms with Gasteiger partial charge in [-0.1, -0.05) is 23.7 Å². The smallest absolute Gasteiger partial charge is 0.407 e. The van der Waals surface area contributed by atoms with E-state index in [0.717, 1.165) is 0 Å². The minimum Gasteiger partial charge on any atom is -0.465 e. The summed E-state index contributed by atoms with van der Waals surface area (Å²) in [6, 6.07) is 7.97. The Morgan fingerprint density at radius 2 is 2.09 bits per heavy atom. The molecule has 10 heteroatoms. The summed E-state index contributed by atoms with van der Waals surface area (Å²) in [5, 5.41) is 10.3. The van der Waals surface area contributed by atoms with E-state index in [1.165, 1.54) is 11.0 Å². The Morgan fingerprint density at radius 3 is 2.75 bits per heavy atom. The van der Waals surface area contributed by atoms with Crippen LogP contribution in [0.25, 0.3) is 22.2 Å². The lowest BCUT2D eigenvalue weighted by atomic mass is 10.1. The van der Waals surface area contributed by atoms with Crippen molar-refractivity contribution in [3.63, 3.8) is 0 Å². The molecular formula is C22H21BrClFN4O3. The molecule has 0 saturated carbocycles. The molecule has 1 saturated heterocycles. The van der Waals surface area contributed by atoms with Gasteiger partial charge in [0.1, 0.15) is 11.6 Å². The number of ether oxygens (including phenoxy) is 1. The highest BCUT2D eigenvalue weighted by molar-refractivity contribution is 9.10. The average Bonchev–Trinajstić information content (AvgIpc) is 2.76. The maximum absolute atomic E-state index is 14.5. The second-order valence-corrected chi connectivity index (χ2v) is 8.80. The number of hydrogen-bond acceptors (Lipinski definition) is 5. The molecular weight excluding hydrogens is 503 g/mol. The van der Waals surface area contributed by atoms with Gasteiger partial charge < -0.3 is 19.6 Å². The highest BCUT2D eigenvalue weighted by Crippen LogP contribution is 2.39. The fourth-order valence-corrected chi connectivity index (χ4v) is 4.70. The SMILES string of the molecule is COCc1nc(N2CCN(C(=O)O)CC2C)c2cc(Cl)c(-c3ccccc3F)nc2c1Br. The van der Waals surface area contributed by atoms with Gasteiger partial charge in [0.2, 0.25) is 0 Å². The Labute approximate surface area is 197 Å². The Hall–Kier alpha value is -2.49. The topological polar surface area (TPSA) is 78.8 Å². The molecule has 2 aromatic heterocycles. The first-order valence-corrected chi connectivity index (χ1v) is 11.2. The van der Waals surface area contributed by atoms with E-state index in [0.29, 0.717) is 62.8 Å². The van der Waals surface area contributed by atoms with Crippen molar-refractivity contribution in [2.45, 2.75) is 19.6 Å². The zero-order chi connectivity index (χ0) is 23.0. The predicted octanol–water partition coefficient (Wildman–Crippen LogP) is 5.19.